The van der Waals surface area contributed by atoms with Gasteiger partial charge in [-0.05, 0) is 45.8 Å². The van der Waals surface area contributed by atoms with Crippen LogP contribution in [0.15, 0.2) is 0 Å². The molecule has 0 spiro atoms. The monoisotopic (exact) mass is 283 g/mol. The fourth-order valence-electron chi connectivity index (χ4n) is 3.11. The topological polar surface area (TPSA) is 18.5 Å². The average Bonchev–Trinajstić information content (AvgIpc) is 2.39. The number of hydrogen-bond donors (Lipinski definition) is 1. The van der Waals surface area contributed by atoms with Crippen molar-refractivity contribution in [2.75, 3.05) is 40.3 Å². The fraction of sp³-hybridized carbons (Fsp3) is 1.00. The maximum absolute atomic E-state index is 3.78. The molecule has 0 amide bonds. The molecule has 20 heavy (non-hydrogen) atoms. The summed E-state index contributed by atoms with van der Waals surface area (Å²) in [5, 5.41) is 3.78. The molecule has 0 aromatic carbocycles. The molecule has 2 atom stereocenters. The van der Waals surface area contributed by atoms with Crippen LogP contribution < -0.4 is 5.32 Å². The molecule has 1 fully saturated rings. The quantitative estimate of drug-likeness (QED) is 0.702. The van der Waals surface area contributed by atoms with E-state index in [4.69, 9.17) is 0 Å². The Balaban J connectivity index is 2.40. The van der Waals surface area contributed by atoms with Crippen molar-refractivity contribution in [1.29, 1.82) is 0 Å². The molecule has 120 valence electrons. The van der Waals surface area contributed by atoms with Crippen LogP contribution in [0.3, 0.4) is 0 Å². The zero-order chi connectivity index (χ0) is 15.0. The van der Waals surface area contributed by atoms with Crippen molar-refractivity contribution in [3.8, 4) is 0 Å². The van der Waals surface area contributed by atoms with E-state index in [1.54, 1.807) is 0 Å². The van der Waals surface area contributed by atoms with E-state index < -0.39 is 0 Å². The van der Waals surface area contributed by atoms with Gasteiger partial charge in [0.15, 0.2) is 0 Å². The predicted octanol–water partition coefficient (Wildman–Crippen LogP) is 2.82. The third kappa shape index (κ3) is 7.05. The van der Waals surface area contributed by atoms with E-state index in [9.17, 15) is 0 Å². The average molecular weight is 284 g/mol. The van der Waals surface area contributed by atoms with Crippen molar-refractivity contribution in [1.82, 2.24) is 15.1 Å². The summed E-state index contributed by atoms with van der Waals surface area (Å²) in [5.41, 5.74) is 0. The lowest BCUT2D eigenvalue weighted by atomic mass is 9.96. The Morgan fingerprint density at radius 1 is 1.15 bits per heavy atom. The molecule has 0 saturated carbocycles. The summed E-state index contributed by atoms with van der Waals surface area (Å²) >= 11 is 0. The highest BCUT2D eigenvalue weighted by Gasteiger charge is 2.24. The molecular weight excluding hydrogens is 246 g/mol. The smallest absolute Gasteiger partial charge is 0.0235 e. The third-order valence-corrected chi connectivity index (χ3v) is 4.55. The van der Waals surface area contributed by atoms with Gasteiger partial charge in [0.2, 0.25) is 0 Å². The highest BCUT2D eigenvalue weighted by molar-refractivity contribution is 4.83. The first-order valence-electron chi connectivity index (χ1n) is 8.65. The maximum atomic E-state index is 3.78. The number of rotatable bonds is 9. The number of likely N-dealkylation sites (N-methyl/N-ethyl adjacent to an activating group) is 2. The number of piperazine rings is 1. The van der Waals surface area contributed by atoms with Crippen LogP contribution >= 0.6 is 0 Å². The molecule has 0 aromatic rings. The second-order valence-electron chi connectivity index (χ2n) is 7.11. The summed E-state index contributed by atoms with van der Waals surface area (Å²) < 4.78 is 0. The first-order valence-corrected chi connectivity index (χ1v) is 8.65. The van der Waals surface area contributed by atoms with Gasteiger partial charge in [-0.15, -0.1) is 0 Å². The van der Waals surface area contributed by atoms with Gasteiger partial charge in [0, 0.05) is 31.7 Å². The molecular formula is C17H37N3. The van der Waals surface area contributed by atoms with Crippen molar-refractivity contribution >= 4 is 0 Å². The normalized spacial score (nSPS) is 23.4. The van der Waals surface area contributed by atoms with Gasteiger partial charge in [-0.3, -0.25) is 0 Å². The number of nitrogens with zero attached hydrogens (tertiary/aromatic N) is 2. The molecule has 3 heteroatoms. The standard InChI is InChI=1S/C17H37N3/c1-6-10-18-16(9-7-8-15(2)3)13-17-14-19(4)11-12-20(17)5/h15-18H,6-14H2,1-5H3. The van der Waals surface area contributed by atoms with Crippen LogP contribution in [-0.4, -0.2) is 62.2 Å². The zero-order valence-corrected chi connectivity index (χ0v) is 14.5. The Bertz CT molecular complexity index is 242. The van der Waals surface area contributed by atoms with Gasteiger partial charge < -0.3 is 15.1 Å². The fourth-order valence-corrected chi connectivity index (χ4v) is 3.11. The first-order chi connectivity index (χ1) is 9.52. The minimum absolute atomic E-state index is 0.702. The SMILES string of the molecule is CCCNC(CCCC(C)C)CC1CN(C)CCN1C. The molecule has 1 rings (SSSR count). The number of nitrogens with one attached hydrogen (secondary N) is 1. The molecule has 3 nitrogen and oxygen atoms in total. The molecule has 1 heterocycles. The summed E-state index contributed by atoms with van der Waals surface area (Å²) in [6.45, 7) is 11.8. The van der Waals surface area contributed by atoms with E-state index in [-0.39, 0.29) is 0 Å². The van der Waals surface area contributed by atoms with E-state index in [0.717, 1.165) is 12.0 Å². The van der Waals surface area contributed by atoms with Gasteiger partial charge in [0.1, 0.15) is 0 Å². The largest absolute Gasteiger partial charge is 0.314 e. The molecule has 1 aliphatic heterocycles. The number of hydrogen-bond acceptors (Lipinski definition) is 3. The van der Waals surface area contributed by atoms with Gasteiger partial charge in [-0.2, -0.15) is 0 Å². The minimum Gasteiger partial charge on any atom is -0.314 e. The summed E-state index contributed by atoms with van der Waals surface area (Å²) in [6, 6.07) is 1.43. The van der Waals surface area contributed by atoms with Crippen LogP contribution in [0.25, 0.3) is 0 Å². The highest BCUT2D eigenvalue weighted by Crippen LogP contribution is 2.16. The molecule has 0 aromatic heterocycles. The maximum Gasteiger partial charge on any atom is 0.0235 e. The molecule has 0 bridgehead atoms. The second-order valence-corrected chi connectivity index (χ2v) is 7.11. The van der Waals surface area contributed by atoms with Gasteiger partial charge in [-0.1, -0.05) is 33.6 Å². The molecule has 1 saturated heterocycles. The van der Waals surface area contributed by atoms with Crippen LogP contribution in [-0.2, 0) is 0 Å². The van der Waals surface area contributed by atoms with E-state index >= 15 is 0 Å². The predicted molar refractivity (Wildman–Crippen MR) is 89.3 cm³/mol. The zero-order valence-electron chi connectivity index (χ0n) is 14.5. The molecule has 2 unspecified atom stereocenters. The van der Waals surface area contributed by atoms with Gasteiger partial charge in [0.05, 0.1) is 0 Å². The third-order valence-electron chi connectivity index (χ3n) is 4.55. The van der Waals surface area contributed by atoms with Crippen molar-refractivity contribution in [2.45, 2.75) is 65.0 Å². The first kappa shape index (κ1) is 17.9. The molecule has 0 radical (unpaired) electrons. The van der Waals surface area contributed by atoms with Crippen molar-refractivity contribution in [2.24, 2.45) is 5.92 Å². The van der Waals surface area contributed by atoms with Crippen LogP contribution in [0.2, 0.25) is 0 Å². The molecule has 1 N–H and O–H groups in total. The Hall–Kier alpha value is -0.120. The second kappa shape index (κ2) is 9.75. The minimum atomic E-state index is 0.702. The van der Waals surface area contributed by atoms with E-state index in [0.29, 0.717) is 6.04 Å². The Morgan fingerprint density at radius 3 is 2.55 bits per heavy atom. The summed E-state index contributed by atoms with van der Waals surface area (Å²) in [7, 11) is 4.55. The van der Waals surface area contributed by atoms with E-state index in [1.807, 2.05) is 0 Å². The lowest BCUT2D eigenvalue weighted by molar-refractivity contribution is 0.0997. The van der Waals surface area contributed by atoms with Crippen LogP contribution in [0.5, 0.6) is 0 Å². The van der Waals surface area contributed by atoms with Gasteiger partial charge in [-0.25, -0.2) is 0 Å². The Morgan fingerprint density at radius 2 is 1.90 bits per heavy atom. The van der Waals surface area contributed by atoms with Crippen molar-refractivity contribution in [3.05, 3.63) is 0 Å². The molecule has 1 aliphatic rings. The van der Waals surface area contributed by atoms with Gasteiger partial charge in [0.25, 0.3) is 0 Å². The van der Waals surface area contributed by atoms with E-state index in [2.05, 4.69) is 50.0 Å². The van der Waals surface area contributed by atoms with Crippen molar-refractivity contribution in [3.63, 3.8) is 0 Å². The summed E-state index contributed by atoms with van der Waals surface area (Å²) in [4.78, 5) is 5.04. The van der Waals surface area contributed by atoms with Crippen molar-refractivity contribution < 1.29 is 0 Å². The van der Waals surface area contributed by atoms with E-state index in [1.165, 1.54) is 58.3 Å². The summed E-state index contributed by atoms with van der Waals surface area (Å²) in [5.74, 6) is 0.838. The Kier molecular flexibility index (Phi) is 8.74. The Labute approximate surface area is 127 Å². The lowest BCUT2D eigenvalue weighted by Gasteiger charge is -2.39. The lowest BCUT2D eigenvalue weighted by Crippen LogP contribution is -2.52. The van der Waals surface area contributed by atoms with Crippen LogP contribution in [0.4, 0.5) is 0 Å². The van der Waals surface area contributed by atoms with Gasteiger partial charge >= 0.3 is 0 Å². The summed E-state index contributed by atoms with van der Waals surface area (Å²) in [6.07, 6.45) is 6.61. The van der Waals surface area contributed by atoms with Crippen LogP contribution in [0, 0.1) is 5.92 Å². The van der Waals surface area contributed by atoms with Crippen LogP contribution in [0.1, 0.15) is 52.9 Å². The molecule has 0 aliphatic carbocycles. The highest BCUT2D eigenvalue weighted by atomic mass is 15.3.